The first-order valence-corrected chi connectivity index (χ1v) is 6.49. The van der Waals surface area contributed by atoms with Crippen LogP contribution in [0.15, 0.2) is 29.1 Å². The van der Waals surface area contributed by atoms with Crippen LogP contribution in [0.3, 0.4) is 0 Å². The number of carbonyl (C=O) groups is 1. The average molecular weight is 262 g/mol. The molecule has 4 nitrogen and oxygen atoms in total. The molecular weight excluding hydrogens is 248 g/mol. The normalized spacial score (nSPS) is 10.3. The Kier molecular flexibility index (Phi) is 3.94. The van der Waals surface area contributed by atoms with E-state index in [1.165, 1.54) is 7.11 Å². The van der Waals surface area contributed by atoms with E-state index < -0.39 is 0 Å². The molecule has 0 bridgehead atoms. The molecule has 0 aliphatic heterocycles. The van der Waals surface area contributed by atoms with Crippen LogP contribution in [-0.2, 0) is 17.6 Å². The summed E-state index contributed by atoms with van der Waals surface area (Å²) >= 11 is 1.57. The van der Waals surface area contributed by atoms with Crippen LogP contribution in [0.2, 0.25) is 0 Å². The van der Waals surface area contributed by atoms with E-state index in [9.17, 15) is 4.79 Å². The van der Waals surface area contributed by atoms with Crippen LogP contribution in [-0.4, -0.2) is 18.1 Å². The van der Waals surface area contributed by atoms with Gasteiger partial charge in [-0.1, -0.05) is 0 Å². The summed E-state index contributed by atoms with van der Waals surface area (Å²) in [7, 11) is 1.37. The first-order chi connectivity index (χ1) is 8.70. The van der Waals surface area contributed by atoms with Crippen molar-refractivity contribution in [3.63, 3.8) is 0 Å². The van der Waals surface area contributed by atoms with E-state index in [-0.39, 0.29) is 5.97 Å². The molecule has 5 heteroatoms. The number of nitrogens with zero attached hydrogens (tertiary/aromatic N) is 1. The monoisotopic (exact) mass is 262 g/mol. The van der Waals surface area contributed by atoms with E-state index in [4.69, 9.17) is 10.5 Å². The van der Waals surface area contributed by atoms with Crippen LogP contribution < -0.4 is 5.73 Å². The summed E-state index contributed by atoms with van der Waals surface area (Å²) in [5.74, 6) is -0.343. The van der Waals surface area contributed by atoms with E-state index in [0.29, 0.717) is 11.3 Å². The Morgan fingerprint density at radius 3 is 2.94 bits per heavy atom. The minimum absolute atomic E-state index is 0.343. The molecule has 1 aromatic carbocycles. The molecule has 0 unspecified atom stereocenters. The first kappa shape index (κ1) is 12.6. The third kappa shape index (κ3) is 2.87. The van der Waals surface area contributed by atoms with Crippen molar-refractivity contribution >= 4 is 23.0 Å². The van der Waals surface area contributed by atoms with Crippen LogP contribution in [0.1, 0.15) is 21.6 Å². The topological polar surface area (TPSA) is 65.2 Å². The fourth-order valence-corrected chi connectivity index (χ4v) is 2.28. The molecule has 0 saturated heterocycles. The zero-order chi connectivity index (χ0) is 13.0. The molecule has 0 amide bonds. The second-order valence-electron chi connectivity index (χ2n) is 3.88. The zero-order valence-electron chi connectivity index (χ0n) is 10.1. The van der Waals surface area contributed by atoms with E-state index in [2.05, 4.69) is 4.98 Å². The maximum absolute atomic E-state index is 11.4. The van der Waals surface area contributed by atoms with Gasteiger partial charge in [-0.15, -0.1) is 11.3 Å². The number of carbonyl (C=O) groups excluding carboxylic acids is 1. The number of ether oxygens (including phenoxy) is 1. The Hall–Kier alpha value is -1.88. The highest BCUT2D eigenvalue weighted by Gasteiger charge is 2.08. The standard InChI is InChI=1S/C13H14N2O2S/c1-17-13(16)10-3-5-12(14)9(6-10)2-4-11-7-18-8-15-11/h3,5-8H,2,4,14H2,1H3. The van der Waals surface area contributed by atoms with Crippen LogP contribution in [0.25, 0.3) is 0 Å². The summed E-state index contributed by atoms with van der Waals surface area (Å²) in [5.41, 5.74) is 10.9. The second-order valence-corrected chi connectivity index (χ2v) is 4.60. The predicted molar refractivity (Wildman–Crippen MR) is 71.7 cm³/mol. The van der Waals surface area contributed by atoms with Gasteiger partial charge in [0.15, 0.2) is 0 Å². The van der Waals surface area contributed by atoms with Gasteiger partial charge >= 0.3 is 5.97 Å². The van der Waals surface area contributed by atoms with Crippen molar-refractivity contribution in [2.75, 3.05) is 12.8 Å². The number of rotatable bonds is 4. The highest BCUT2D eigenvalue weighted by Crippen LogP contribution is 2.17. The van der Waals surface area contributed by atoms with Gasteiger partial charge in [-0.2, -0.15) is 0 Å². The van der Waals surface area contributed by atoms with Gasteiger partial charge < -0.3 is 10.5 Å². The molecule has 0 fully saturated rings. The fourth-order valence-electron chi connectivity index (χ4n) is 1.69. The number of methoxy groups -OCH3 is 1. The number of esters is 1. The van der Waals surface area contributed by atoms with Gasteiger partial charge in [-0.05, 0) is 36.6 Å². The molecular formula is C13H14N2O2S. The van der Waals surface area contributed by atoms with Crippen LogP contribution >= 0.6 is 11.3 Å². The summed E-state index contributed by atoms with van der Waals surface area (Å²) < 4.78 is 4.69. The van der Waals surface area contributed by atoms with Crippen molar-refractivity contribution in [2.24, 2.45) is 0 Å². The second kappa shape index (κ2) is 5.64. The third-order valence-corrected chi connectivity index (χ3v) is 3.33. The molecule has 1 aromatic heterocycles. The largest absolute Gasteiger partial charge is 0.465 e. The molecule has 18 heavy (non-hydrogen) atoms. The summed E-state index contributed by atoms with van der Waals surface area (Å²) in [4.78, 5) is 15.7. The highest BCUT2D eigenvalue weighted by molar-refractivity contribution is 7.07. The summed E-state index contributed by atoms with van der Waals surface area (Å²) in [6.45, 7) is 0. The first-order valence-electron chi connectivity index (χ1n) is 5.54. The van der Waals surface area contributed by atoms with Gasteiger partial charge in [-0.25, -0.2) is 9.78 Å². The van der Waals surface area contributed by atoms with Crippen molar-refractivity contribution in [1.82, 2.24) is 4.98 Å². The fraction of sp³-hybridized carbons (Fsp3) is 0.231. The van der Waals surface area contributed by atoms with E-state index in [0.717, 1.165) is 24.1 Å². The predicted octanol–water partition coefficient (Wildman–Crippen LogP) is 2.30. The molecule has 2 rings (SSSR count). The van der Waals surface area contributed by atoms with Crippen molar-refractivity contribution in [3.8, 4) is 0 Å². The Balaban J connectivity index is 2.13. The molecule has 0 aliphatic rings. The zero-order valence-corrected chi connectivity index (χ0v) is 10.9. The van der Waals surface area contributed by atoms with Crippen molar-refractivity contribution in [1.29, 1.82) is 0 Å². The Morgan fingerprint density at radius 2 is 2.28 bits per heavy atom. The Bertz CT molecular complexity index is 538. The summed E-state index contributed by atoms with van der Waals surface area (Å²) in [5, 5.41) is 2.01. The lowest BCUT2D eigenvalue weighted by molar-refractivity contribution is 0.0600. The molecule has 0 aliphatic carbocycles. The SMILES string of the molecule is COC(=O)c1ccc(N)c(CCc2cscn2)c1. The lowest BCUT2D eigenvalue weighted by Gasteiger charge is -2.07. The summed E-state index contributed by atoms with van der Waals surface area (Å²) in [6, 6.07) is 5.20. The number of aromatic nitrogens is 1. The van der Waals surface area contributed by atoms with Crippen molar-refractivity contribution in [2.45, 2.75) is 12.8 Å². The maximum atomic E-state index is 11.4. The number of aryl methyl sites for hydroxylation is 2. The summed E-state index contributed by atoms with van der Waals surface area (Å²) in [6.07, 6.45) is 1.58. The van der Waals surface area contributed by atoms with E-state index in [1.807, 2.05) is 10.9 Å². The molecule has 2 aromatic rings. The number of anilines is 1. The minimum atomic E-state index is -0.343. The van der Waals surface area contributed by atoms with Crippen molar-refractivity contribution < 1.29 is 9.53 Å². The van der Waals surface area contributed by atoms with Gasteiger partial charge in [0, 0.05) is 11.1 Å². The number of thiazole rings is 1. The Labute approximate surface area is 109 Å². The van der Waals surface area contributed by atoms with Gasteiger partial charge in [0.2, 0.25) is 0 Å². The number of hydrogen-bond donors (Lipinski definition) is 1. The average Bonchev–Trinajstić information content (AvgIpc) is 2.90. The lowest BCUT2D eigenvalue weighted by atomic mass is 10.0. The molecule has 0 spiro atoms. The quantitative estimate of drug-likeness (QED) is 0.678. The minimum Gasteiger partial charge on any atom is -0.465 e. The van der Waals surface area contributed by atoms with E-state index >= 15 is 0 Å². The number of nitrogen functional groups attached to an aromatic ring is 1. The molecule has 94 valence electrons. The van der Waals surface area contributed by atoms with Gasteiger partial charge in [-0.3, -0.25) is 0 Å². The van der Waals surface area contributed by atoms with E-state index in [1.54, 1.807) is 29.5 Å². The highest BCUT2D eigenvalue weighted by atomic mass is 32.1. The van der Waals surface area contributed by atoms with Crippen molar-refractivity contribution in [3.05, 3.63) is 45.9 Å². The molecule has 0 saturated carbocycles. The third-order valence-electron chi connectivity index (χ3n) is 2.70. The molecule has 2 N–H and O–H groups in total. The number of hydrogen-bond acceptors (Lipinski definition) is 5. The smallest absolute Gasteiger partial charge is 0.337 e. The van der Waals surface area contributed by atoms with Gasteiger partial charge in [0.25, 0.3) is 0 Å². The number of nitrogens with two attached hydrogens (primary N) is 1. The van der Waals surface area contributed by atoms with Gasteiger partial charge in [0.05, 0.1) is 23.9 Å². The number of benzene rings is 1. The molecule has 1 heterocycles. The van der Waals surface area contributed by atoms with Crippen LogP contribution in [0, 0.1) is 0 Å². The Morgan fingerprint density at radius 1 is 1.44 bits per heavy atom. The van der Waals surface area contributed by atoms with Gasteiger partial charge in [0.1, 0.15) is 0 Å². The van der Waals surface area contributed by atoms with Crippen LogP contribution in [0.5, 0.6) is 0 Å². The van der Waals surface area contributed by atoms with Crippen LogP contribution in [0.4, 0.5) is 5.69 Å². The molecule has 0 radical (unpaired) electrons. The lowest BCUT2D eigenvalue weighted by Crippen LogP contribution is -2.04. The maximum Gasteiger partial charge on any atom is 0.337 e. The molecule has 0 atom stereocenters.